The summed E-state index contributed by atoms with van der Waals surface area (Å²) in [5.41, 5.74) is 6.63. The first-order valence-electron chi connectivity index (χ1n) is 8.54. The van der Waals surface area contributed by atoms with Gasteiger partial charge in [0.05, 0.1) is 11.9 Å². The van der Waals surface area contributed by atoms with Crippen LogP contribution in [-0.4, -0.2) is 9.97 Å². The van der Waals surface area contributed by atoms with Crippen molar-refractivity contribution in [2.45, 2.75) is 38.5 Å². The minimum Gasteiger partial charge on any atom is -0.264 e. The van der Waals surface area contributed by atoms with E-state index in [1.54, 1.807) is 6.07 Å². The zero-order chi connectivity index (χ0) is 17.8. The van der Waals surface area contributed by atoms with Crippen LogP contribution in [0.2, 0.25) is 0 Å². The van der Waals surface area contributed by atoms with Crippen LogP contribution in [0.1, 0.15) is 49.9 Å². The topological polar surface area (TPSA) is 25.8 Å². The monoisotopic (exact) mass is 332 g/mol. The second-order valence-corrected chi connectivity index (χ2v) is 7.76. The summed E-state index contributed by atoms with van der Waals surface area (Å²) in [6.45, 7) is 8.97. The van der Waals surface area contributed by atoms with Crippen molar-refractivity contribution in [1.29, 1.82) is 0 Å². The predicted octanol–water partition coefficient (Wildman–Crippen LogP) is 5.25. The number of nitrogens with zero attached hydrogens (tertiary/aromatic N) is 2. The van der Waals surface area contributed by atoms with E-state index in [2.05, 4.69) is 61.9 Å². The molecule has 0 spiro atoms. The molecule has 1 aromatic carbocycles. The van der Waals surface area contributed by atoms with Crippen molar-refractivity contribution < 1.29 is 4.39 Å². The van der Waals surface area contributed by atoms with Crippen LogP contribution in [0, 0.1) is 5.82 Å². The molecule has 1 aliphatic carbocycles. The zero-order valence-corrected chi connectivity index (χ0v) is 15.0. The highest BCUT2D eigenvalue weighted by atomic mass is 19.1. The smallest absolute Gasteiger partial charge is 0.141 e. The van der Waals surface area contributed by atoms with E-state index in [1.165, 1.54) is 34.5 Å². The van der Waals surface area contributed by atoms with Gasteiger partial charge in [0.15, 0.2) is 0 Å². The Kier molecular flexibility index (Phi) is 3.33. The molecule has 3 heteroatoms. The third-order valence-electron chi connectivity index (χ3n) is 5.53. The fourth-order valence-corrected chi connectivity index (χ4v) is 4.21. The second kappa shape index (κ2) is 5.22. The number of hydrogen-bond donors (Lipinski definition) is 0. The fraction of sp³-hybridized carbons (Fsp3) is 0.273. The minimum absolute atomic E-state index is 0.148. The fourth-order valence-electron chi connectivity index (χ4n) is 4.21. The van der Waals surface area contributed by atoms with E-state index in [9.17, 15) is 4.39 Å². The number of halogens is 1. The van der Waals surface area contributed by atoms with E-state index in [4.69, 9.17) is 0 Å². The molecule has 0 unspecified atom stereocenters. The predicted molar refractivity (Wildman–Crippen MR) is 98.1 cm³/mol. The van der Waals surface area contributed by atoms with Gasteiger partial charge in [-0.05, 0) is 40.5 Å². The summed E-state index contributed by atoms with van der Waals surface area (Å²) in [5.74, 6) is -0.315. The van der Waals surface area contributed by atoms with Crippen LogP contribution >= 0.6 is 0 Å². The van der Waals surface area contributed by atoms with Gasteiger partial charge in [0.1, 0.15) is 5.82 Å². The van der Waals surface area contributed by atoms with Gasteiger partial charge in [-0.25, -0.2) is 4.39 Å². The summed E-state index contributed by atoms with van der Waals surface area (Å²) in [6.07, 6.45) is 5.14. The Morgan fingerprint density at radius 1 is 0.800 bits per heavy atom. The van der Waals surface area contributed by atoms with Crippen LogP contribution in [0.4, 0.5) is 4.39 Å². The van der Waals surface area contributed by atoms with Gasteiger partial charge in [-0.2, -0.15) is 0 Å². The molecule has 0 saturated carbocycles. The van der Waals surface area contributed by atoms with Crippen molar-refractivity contribution in [3.8, 4) is 11.3 Å². The summed E-state index contributed by atoms with van der Waals surface area (Å²) in [6, 6.07) is 11.7. The first kappa shape index (κ1) is 15.9. The summed E-state index contributed by atoms with van der Waals surface area (Å²) >= 11 is 0. The third kappa shape index (κ3) is 2.22. The number of benzene rings is 1. The van der Waals surface area contributed by atoms with Crippen LogP contribution < -0.4 is 0 Å². The maximum Gasteiger partial charge on any atom is 0.141 e. The summed E-state index contributed by atoms with van der Waals surface area (Å²) in [4.78, 5) is 8.71. The third-order valence-corrected chi connectivity index (χ3v) is 5.53. The van der Waals surface area contributed by atoms with Crippen molar-refractivity contribution in [2.24, 2.45) is 0 Å². The standard InChI is InChI=1S/C22H21FN2/c1-21(2)17-7-5-6-15(19-9-8-14(23)12-25-19)20(17)22(3,4)16-10-11-24-13-18(16)21/h5-13H,1-4H3. The molecule has 0 saturated heterocycles. The van der Waals surface area contributed by atoms with Gasteiger partial charge in [0, 0.05) is 28.8 Å². The zero-order valence-electron chi connectivity index (χ0n) is 15.0. The lowest BCUT2D eigenvalue weighted by atomic mass is 9.59. The number of fused-ring (bicyclic) bond motifs is 2. The molecule has 2 nitrogen and oxygen atoms in total. The lowest BCUT2D eigenvalue weighted by Gasteiger charge is -2.44. The molecular formula is C22H21FN2. The minimum atomic E-state index is -0.315. The number of pyridine rings is 2. The normalized spacial score (nSPS) is 16.8. The largest absolute Gasteiger partial charge is 0.264 e. The number of aromatic nitrogens is 2. The quantitative estimate of drug-likeness (QED) is 0.608. The van der Waals surface area contributed by atoms with Crippen molar-refractivity contribution >= 4 is 0 Å². The molecule has 0 N–H and O–H groups in total. The molecule has 0 atom stereocenters. The average molecular weight is 332 g/mol. The van der Waals surface area contributed by atoms with Crippen LogP contribution in [0.3, 0.4) is 0 Å². The van der Waals surface area contributed by atoms with Crippen molar-refractivity contribution in [3.05, 3.63) is 83.1 Å². The summed E-state index contributed by atoms with van der Waals surface area (Å²) in [7, 11) is 0. The maximum absolute atomic E-state index is 13.3. The van der Waals surface area contributed by atoms with Crippen LogP contribution in [-0.2, 0) is 10.8 Å². The van der Waals surface area contributed by atoms with Gasteiger partial charge in [-0.3, -0.25) is 9.97 Å². The first-order chi connectivity index (χ1) is 11.8. The first-order valence-corrected chi connectivity index (χ1v) is 8.54. The van der Waals surface area contributed by atoms with Crippen molar-refractivity contribution in [3.63, 3.8) is 0 Å². The Morgan fingerprint density at radius 2 is 1.60 bits per heavy atom. The Balaban J connectivity index is 2.06. The molecule has 4 rings (SSSR count). The highest BCUT2D eigenvalue weighted by Crippen LogP contribution is 2.51. The molecule has 0 bridgehead atoms. The Morgan fingerprint density at radius 3 is 2.32 bits per heavy atom. The Labute approximate surface area is 147 Å². The van der Waals surface area contributed by atoms with E-state index in [0.717, 1.165) is 11.3 Å². The number of hydrogen-bond acceptors (Lipinski definition) is 2. The van der Waals surface area contributed by atoms with Crippen LogP contribution in [0.25, 0.3) is 11.3 Å². The summed E-state index contributed by atoms with van der Waals surface area (Å²) in [5, 5.41) is 0. The van der Waals surface area contributed by atoms with Crippen molar-refractivity contribution in [2.75, 3.05) is 0 Å². The lowest BCUT2D eigenvalue weighted by molar-refractivity contribution is 0.519. The van der Waals surface area contributed by atoms with E-state index in [1.807, 2.05) is 12.4 Å². The molecule has 25 heavy (non-hydrogen) atoms. The van der Waals surface area contributed by atoms with Gasteiger partial charge in [0.2, 0.25) is 0 Å². The highest BCUT2D eigenvalue weighted by molar-refractivity contribution is 5.73. The molecule has 2 heterocycles. The summed E-state index contributed by atoms with van der Waals surface area (Å²) < 4.78 is 13.3. The van der Waals surface area contributed by atoms with Crippen LogP contribution in [0.5, 0.6) is 0 Å². The van der Waals surface area contributed by atoms with E-state index in [-0.39, 0.29) is 16.6 Å². The molecular weight excluding hydrogens is 311 g/mol. The highest BCUT2D eigenvalue weighted by Gasteiger charge is 2.43. The molecule has 3 aromatic rings. The molecule has 1 aliphatic rings. The van der Waals surface area contributed by atoms with E-state index in [0.29, 0.717) is 0 Å². The molecule has 0 radical (unpaired) electrons. The van der Waals surface area contributed by atoms with Crippen LogP contribution in [0.15, 0.2) is 55.0 Å². The molecule has 0 aliphatic heterocycles. The second-order valence-electron chi connectivity index (χ2n) is 7.76. The maximum atomic E-state index is 13.3. The Hall–Kier alpha value is -2.55. The molecule has 0 fully saturated rings. The van der Waals surface area contributed by atoms with Gasteiger partial charge in [-0.1, -0.05) is 45.9 Å². The lowest BCUT2D eigenvalue weighted by Crippen LogP contribution is -2.37. The van der Waals surface area contributed by atoms with Gasteiger partial charge in [0.25, 0.3) is 0 Å². The SMILES string of the molecule is CC1(C)c2cnccc2C(C)(C)c2c(-c3ccc(F)cn3)cccc21. The Bertz CT molecular complexity index is 956. The van der Waals surface area contributed by atoms with Gasteiger partial charge >= 0.3 is 0 Å². The molecule has 0 amide bonds. The van der Waals surface area contributed by atoms with Crippen molar-refractivity contribution in [1.82, 2.24) is 9.97 Å². The molecule has 126 valence electrons. The average Bonchev–Trinajstić information content (AvgIpc) is 2.61. The van der Waals surface area contributed by atoms with Gasteiger partial charge < -0.3 is 0 Å². The van der Waals surface area contributed by atoms with Gasteiger partial charge in [-0.15, -0.1) is 0 Å². The van der Waals surface area contributed by atoms with E-state index >= 15 is 0 Å². The number of rotatable bonds is 1. The molecule has 2 aromatic heterocycles. The van der Waals surface area contributed by atoms with E-state index < -0.39 is 0 Å².